The highest BCUT2D eigenvalue weighted by Gasteiger charge is 2.19. The molecule has 3 N–H and O–H groups in total. The Hall–Kier alpha value is -4.00. The summed E-state index contributed by atoms with van der Waals surface area (Å²) in [7, 11) is 0. The molecule has 0 saturated carbocycles. The fourth-order valence-corrected chi connectivity index (χ4v) is 3.12. The molecular formula is C25H24FN3O3. The summed E-state index contributed by atoms with van der Waals surface area (Å²) in [5.74, 6) is -1.81. The van der Waals surface area contributed by atoms with E-state index in [1.807, 2.05) is 26.8 Å². The topological polar surface area (TPSA) is 90.8 Å². The number of phenolic OH excluding ortho intramolecular Hbond substituents is 1. The highest BCUT2D eigenvalue weighted by Crippen LogP contribution is 2.32. The maximum atomic E-state index is 13.9. The van der Waals surface area contributed by atoms with Gasteiger partial charge in [0.1, 0.15) is 11.6 Å². The Morgan fingerprint density at radius 3 is 2.25 bits per heavy atom. The second-order valence-corrected chi connectivity index (χ2v) is 8.17. The van der Waals surface area contributed by atoms with Crippen LogP contribution in [0.3, 0.4) is 0 Å². The van der Waals surface area contributed by atoms with E-state index in [2.05, 4.69) is 15.8 Å². The summed E-state index contributed by atoms with van der Waals surface area (Å²) < 4.78 is 13.9. The van der Waals surface area contributed by atoms with Crippen LogP contribution in [0, 0.1) is 5.82 Å². The third-order valence-corrected chi connectivity index (χ3v) is 4.78. The first-order chi connectivity index (χ1) is 15.2. The normalized spacial score (nSPS) is 11.4. The maximum absolute atomic E-state index is 13.9. The van der Waals surface area contributed by atoms with Gasteiger partial charge in [-0.2, -0.15) is 5.10 Å². The van der Waals surface area contributed by atoms with Crippen LogP contribution in [-0.2, 0) is 5.41 Å². The number of phenols is 1. The lowest BCUT2D eigenvalue weighted by Gasteiger charge is -2.21. The minimum absolute atomic E-state index is 0.0931. The molecule has 2 amide bonds. The molecule has 0 unspecified atom stereocenters. The lowest BCUT2D eigenvalue weighted by Crippen LogP contribution is -2.21. The number of benzene rings is 3. The van der Waals surface area contributed by atoms with E-state index in [0.717, 1.165) is 5.56 Å². The third-order valence-electron chi connectivity index (χ3n) is 4.78. The number of anilines is 1. The number of hydrazone groups is 1. The van der Waals surface area contributed by atoms with E-state index in [0.29, 0.717) is 5.56 Å². The number of hydrogen-bond acceptors (Lipinski definition) is 4. The second kappa shape index (κ2) is 9.43. The molecule has 0 fully saturated rings. The summed E-state index contributed by atoms with van der Waals surface area (Å²) in [6.07, 6.45) is 1.35. The third kappa shape index (κ3) is 5.18. The Morgan fingerprint density at radius 2 is 1.56 bits per heavy atom. The summed E-state index contributed by atoms with van der Waals surface area (Å²) in [5.41, 5.74) is 3.59. The van der Waals surface area contributed by atoms with Crippen molar-refractivity contribution in [2.75, 3.05) is 5.32 Å². The van der Waals surface area contributed by atoms with E-state index >= 15 is 0 Å². The predicted octanol–water partition coefficient (Wildman–Crippen LogP) is 4.85. The summed E-state index contributed by atoms with van der Waals surface area (Å²) in [6, 6.07) is 17.2. The zero-order chi connectivity index (χ0) is 23.3. The molecule has 0 aromatic heterocycles. The lowest BCUT2D eigenvalue weighted by molar-refractivity contribution is 0.0956. The van der Waals surface area contributed by atoms with Crippen molar-refractivity contribution in [3.63, 3.8) is 0 Å². The first kappa shape index (κ1) is 22.7. The Bertz CT molecular complexity index is 1180. The fraction of sp³-hybridized carbons (Fsp3) is 0.160. The van der Waals surface area contributed by atoms with Gasteiger partial charge in [0, 0.05) is 5.56 Å². The zero-order valence-electron chi connectivity index (χ0n) is 18.0. The molecule has 0 radical (unpaired) electrons. The number of nitrogens with zero attached hydrogens (tertiary/aromatic N) is 1. The van der Waals surface area contributed by atoms with Crippen molar-refractivity contribution in [2.24, 2.45) is 5.10 Å². The molecule has 0 saturated heterocycles. The minimum Gasteiger partial charge on any atom is -0.507 e. The molecule has 0 bridgehead atoms. The molecule has 0 atom stereocenters. The van der Waals surface area contributed by atoms with Gasteiger partial charge in [0.15, 0.2) is 0 Å². The molecule has 3 aromatic rings. The van der Waals surface area contributed by atoms with E-state index in [9.17, 15) is 19.1 Å². The summed E-state index contributed by atoms with van der Waals surface area (Å²) in [5, 5.41) is 17.0. The van der Waals surface area contributed by atoms with Gasteiger partial charge in [0.25, 0.3) is 11.8 Å². The molecular weight excluding hydrogens is 409 g/mol. The molecule has 7 heteroatoms. The van der Waals surface area contributed by atoms with Crippen LogP contribution in [0.1, 0.15) is 52.6 Å². The molecule has 32 heavy (non-hydrogen) atoms. The zero-order valence-corrected chi connectivity index (χ0v) is 18.0. The summed E-state index contributed by atoms with van der Waals surface area (Å²) in [4.78, 5) is 25.1. The highest BCUT2D eigenvalue weighted by molar-refractivity contribution is 6.09. The smallest absolute Gasteiger partial charge is 0.273 e. The SMILES string of the molecule is CC(C)(C)c1cccc(C=NNC(=O)c2ccccc2NC(=O)c2ccccc2F)c1O. The van der Waals surface area contributed by atoms with Crippen LogP contribution in [0.25, 0.3) is 0 Å². The maximum Gasteiger partial charge on any atom is 0.273 e. The number of carbonyl (C=O) groups excluding carboxylic acids is 2. The first-order valence-electron chi connectivity index (χ1n) is 9.99. The second-order valence-electron chi connectivity index (χ2n) is 8.17. The first-order valence-corrected chi connectivity index (χ1v) is 9.99. The van der Waals surface area contributed by atoms with E-state index in [1.54, 1.807) is 30.3 Å². The largest absolute Gasteiger partial charge is 0.507 e. The average molecular weight is 433 g/mol. The molecule has 0 heterocycles. The van der Waals surface area contributed by atoms with E-state index in [-0.39, 0.29) is 28.0 Å². The van der Waals surface area contributed by atoms with Gasteiger partial charge in [0.05, 0.1) is 23.0 Å². The standard InChI is InChI=1S/C25H24FN3O3/c1-25(2,3)19-12-8-9-16(22(19)30)15-27-29-24(32)18-11-5-7-14-21(18)28-23(31)17-10-4-6-13-20(17)26/h4-15,30H,1-3H3,(H,28,31)(H,29,32). The van der Waals surface area contributed by atoms with Crippen LogP contribution in [0.2, 0.25) is 0 Å². The minimum atomic E-state index is -0.671. The number of aromatic hydroxyl groups is 1. The fourth-order valence-electron chi connectivity index (χ4n) is 3.12. The molecule has 164 valence electrons. The number of hydrogen-bond donors (Lipinski definition) is 3. The van der Waals surface area contributed by atoms with E-state index in [4.69, 9.17) is 0 Å². The van der Waals surface area contributed by atoms with Crippen LogP contribution < -0.4 is 10.7 Å². The van der Waals surface area contributed by atoms with Gasteiger partial charge in [-0.1, -0.05) is 57.2 Å². The van der Waals surface area contributed by atoms with Gasteiger partial charge in [0.2, 0.25) is 0 Å². The lowest BCUT2D eigenvalue weighted by atomic mass is 9.85. The Kier molecular flexibility index (Phi) is 6.68. The van der Waals surface area contributed by atoms with Crippen LogP contribution in [0.15, 0.2) is 71.8 Å². The van der Waals surface area contributed by atoms with Crippen LogP contribution in [0.4, 0.5) is 10.1 Å². The highest BCUT2D eigenvalue weighted by atomic mass is 19.1. The van der Waals surface area contributed by atoms with Gasteiger partial charge < -0.3 is 10.4 Å². The Labute approximate surface area is 185 Å². The monoisotopic (exact) mass is 433 g/mol. The van der Waals surface area contributed by atoms with Crippen molar-refractivity contribution in [3.05, 3.63) is 94.8 Å². The van der Waals surface area contributed by atoms with Gasteiger partial charge >= 0.3 is 0 Å². The average Bonchev–Trinajstić information content (AvgIpc) is 2.74. The number of carbonyl (C=O) groups is 2. The molecule has 0 aliphatic carbocycles. The molecule has 6 nitrogen and oxygen atoms in total. The van der Waals surface area contributed by atoms with Gasteiger partial charge in [-0.15, -0.1) is 0 Å². The van der Waals surface area contributed by atoms with Crippen molar-refractivity contribution in [1.82, 2.24) is 5.43 Å². The van der Waals surface area contributed by atoms with Crippen molar-refractivity contribution >= 4 is 23.7 Å². The summed E-state index contributed by atoms with van der Waals surface area (Å²) in [6.45, 7) is 5.95. The van der Waals surface area contributed by atoms with Crippen LogP contribution in [0.5, 0.6) is 5.75 Å². The number of amides is 2. The van der Waals surface area contributed by atoms with Crippen LogP contribution >= 0.6 is 0 Å². The molecule has 3 rings (SSSR count). The number of para-hydroxylation sites is 2. The Balaban J connectivity index is 1.76. The van der Waals surface area contributed by atoms with Crippen molar-refractivity contribution in [3.8, 4) is 5.75 Å². The number of nitrogens with one attached hydrogen (secondary N) is 2. The predicted molar refractivity (Wildman–Crippen MR) is 123 cm³/mol. The van der Waals surface area contributed by atoms with E-state index < -0.39 is 17.6 Å². The van der Waals surface area contributed by atoms with Crippen molar-refractivity contribution < 1.29 is 19.1 Å². The van der Waals surface area contributed by atoms with Crippen molar-refractivity contribution in [1.29, 1.82) is 0 Å². The summed E-state index contributed by atoms with van der Waals surface area (Å²) >= 11 is 0. The molecule has 3 aromatic carbocycles. The molecule has 0 aliphatic heterocycles. The van der Waals surface area contributed by atoms with E-state index in [1.165, 1.54) is 36.5 Å². The Morgan fingerprint density at radius 1 is 0.906 bits per heavy atom. The molecule has 0 aliphatic rings. The molecule has 0 spiro atoms. The number of halogens is 1. The van der Waals surface area contributed by atoms with Gasteiger partial charge in [-0.25, -0.2) is 9.82 Å². The number of rotatable bonds is 5. The van der Waals surface area contributed by atoms with Gasteiger partial charge in [-0.3, -0.25) is 9.59 Å². The van der Waals surface area contributed by atoms with Crippen molar-refractivity contribution in [2.45, 2.75) is 26.2 Å². The van der Waals surface area contributed by atoms with Crippen LogP contribution in [-0.4, -0.2) is 23.1 Å². The quantitative estimate of drug-likeness (QED) is 0.397. The van der Waals surface area contributed by atoms with Gasteiger partial charge in [-0.05, 0) is 41.3 Å².